The summed E-state index contributed by atoms with van der Waals surface area (Å²) in [4.78, 5) is 23.2. The lowest BCUT2D eigenvalue weighted by Crippen LogP contribution is -2.22. The molecule has 104 valence electrons. The molecule has 6 heteroatoms. The standard InChI is InChI=1S/C14H12BrNO4/c1-9-14(12(17)6-7-19-9)20-8-13(18)16-11-4-2-10(15)3-5-11/h2-7H,8H2,1H3,(H,16,18). The van der Waals surface area contributed by atoms with Crippen LogP contribution in [0.15, 0.2) is 50.3 Å². The number of anilines is 1. The normalized spacial score (nSPS) is 10.1. The van der Waals surface area contributed by atoms with E-state index in [1.807, 2.05) is 12.1 Å². The summed E-state index contributed by atoms with van der Waals surface area (Å²) in [5.74, 6) is 0.0439. The fraction of sp³-hybridized carbons (Fsp3) is 0.143. The topological polar surface area (TPSA) is 68.5 Å². The Kier molecular flexibility index (Phi) is 4.57. The molecule has 0 atom stereocenters. The lowest BCUT2D eigenvalue weighted by Gasteiger charge is -2.08. The van der Waals surface area contributed by atoms with Crippen molar-refractivity contribution < 1.29 is 13.9 Å². The van der Waals surface area contributed by atoms with Crippen LogP contribution in [0.1, 0.15) is 5.76 Å². The maximum absolute atomic E-state index is 11.7. The molecule has 0 bridgehead atoms. The lowest BCUT2D eigenvalue weighted by atomic mass is 10.3. The van der Waals surface area contributed by atoms with Gasteiger partial charge in [-0.15, -0.1) is 0 Å². The first kappa shape index (κ1) is 14.3. The van der Waals surface area contributed by atoms with Crippen molar-refractivity contribution in [3.63, 3.8) is 0 Å². The van der Waals surface area contributed by atoms with Crippen molar-refractivity contribution in [1.29, 1.82) is 0 Å². The summed E-state index contributed by atoms with van der Waals surface area (Å²) in [5, 5.41) is 2.66. The molecule has 0 unspecified atom stereocenters. The zero-order valence-electron chi connectivity index (χ0n) is 10.7. The Balaban J connectivity index is 1.96. The second-order valence-electron chi connectivity index (χ2n) is 4.01. The summed E-state index contributed by atoms with van der Waals surface area (Å²) >= 11 is 3.31. The van der Waals surface area contributed by atoms with Gasteiger partial charge in [0.15, 0.2) is 6.61 Å². The monoisotopic (exact) mass is 337 g/mol. The van der Waals surface area contributed by atoms with E-state index in [4.69, 9.17) is 9.15 Å². The van der Waals surface area contributed by atoms with Crippen molar-refractivity contribution >= 4 is 27.5 Å². The number of nitrogens with one attached hydrogen (secondary N) is 1. The van der Waals surface area contributed by atoms with Crippen molar-refractivity contribution in [2.24, 2.45) is 0 Å². The molecule has 0 radical (unpaired) electrons. The van der Waals surface area contributed by atoms with Crippen molar-refractivity contribution in [3.8, 4) is 5.75 Å². The third-order valence-corrected chi connectivity index (χ3v) is 3.01. The number of hydrogen-bond donors (Lipinski definition) is 1. The second-order valence-corrected chi connectivity index (χ2v) is 4.93. The first-order chi connectivity index (χ1) is 9.56. The van der Waals surface area contributed by atoms with E-state index in [0.717, 1.165) is 4.47 Å². The smallest absolute Gasteiger partial charge is 0.262 e. The average molecular weight is 338 g/mol. The number of hydrogen-bond acceptors (Lipinski definition) is 4. The Labute approximate surface area is 123 Å². The number of ether oxygens (including phenoxy) is 1. The number of carbonyl (C=O) groups is 1. The average Bonchev–Trinajstić information content (AvgIpc) is 2.41. The van der Waals surface area contributed by atoms with E-state index < -0.39 is 0 Å². The summed E-state index contributed by atoms with van der Waals surface area (Å²) in [7, 11) is 0. The number of benzene rings is 1. The van der Waals surface area contributed by atoms with Crippen molar-refractivity contribution in [1.82, 2.24) is 0 Å². The minimum Gasteiger partial charge on any atom is -0.476 e. The second kappa shape index (κ2) is 6.38. The maximum Gasteiger partial charge on any atom is 0.262 e. The molecule has 0 saturated carbocycles. The van der Waals surface area contributed by atoms with Crippen molar-refractivity contribution in [3.05, 3.63) is 57.1 Å². The molecule has 1 amide bonds. The molecule has 0 aliphatic carbocycles. The fourth-order valence-corrected chi connectivity index (χ4v) is 1.81. The molecule has 20 heavy (non-hydrogen) atoms. The van der Waals surface area contributed by atoms with Crippen LogP contribution < -0.4 is 15.5 Å². The molecular weight excluding hydrogens is 326 g/mol. The zero-order valence-corrected chi connectivity index (χ0v) is 12.3. The van der Waals surface area contributed by atoms with Gasteiger partial charge in [-0.05, 0) is 31.2 Å². The number of amides is 1. The molecule has 0 aliphatic rings. The van der Waals surface area contributed by atoms with E-state index in [9.17, 15) is 9.59 Å². The first-order valence-corrected chi connectivity index (χ1v) is 6.62. The van der Waals surface area contributed by atoms with E-state index in [2.05, 4.69) is 21.2 Å². The van der Waals surface area contributed by atoms with Crippen LogP contribution in [0, 0.1) is 6.92 Å². The van der Waals surface area contributed by atoms with Crippen LogP contribution in [0.5, 0.6) is 5.75 Å². The number of carbonyl (C=O) groups excluding carboxylic acids is 1. The summed E-state index contributed by atoms with van der Waals surface area (Å²) in [5.41, 5.74) is 0.337. The Bertz CT molecular complexity index is 664. The van der Waals surface area contributed by atoms with Gasteiger partial charge in [-0.1, -0.05) is 15.9 Å². The van der Waals surface area contributed by atoms with Crippen LogP contribution in [0.3, 0.4) is 0 Å². The van der Waals surface area contributed by atoms with Gasteiger partial charge in [0.05, 0.1) is 6.26 Å². The molecule has 0 fully saturated rings. The highest BCUT2D eigenvalue weighted by Gasteiger charge is 2.09. The summed E-state index contributed by atoms with van der Waals surface area (Å²) < 4.78 is 11.2. The van der Waals surface area contributed by atoms with Gasteiger partial charge in [0.1, 0.15) is 5.76 Å². The van der Waals surface area contributed by atoms with Crippen LogP contribution in [0.4, 0.5) is 5.69 Å². The third-order valence-electron chi connectivity index (χ3n) is 2.48. The molecule has 1 aromatic carbocycles. The summed E-state index contributed by atoms with van der Waals surface area (Å²) in [6.07, 6.45) is 1.28. The van der Waals surface area contributed by atoms with Gasteiger partial charge >= 0.3 is 0 Å². The molecule has 0 aliphatic heterocycles. The van der Waals surface area contributed by atoms with Crippen LogP contribution >= 0.6 is 15.9 Å². The lowest BCUT2D eigenvalue weighted by molar-refractivity contribution is -0.118. The minimum atomic E-state index is -0.352. The molecule has 0 saturated heterocycles. The molecule has 1 aromatic heterocycles. The van der Waals surface area contributed by atoms with Crippen LogP contribution in [0.2, 0.25) is 0 Å². The quantitative estimate of drug-likeness (QED) is 0.931. The highest BCUT2D eigenvalue weighted by molar-refractivity contribution is 9.10. The number of aryl methyl sites for hydroxylation is 1. The number of rotatable bonds is 4. The Hall–Kier alpha value is -2.08. The van der Waals surface area contributed by atoms with Crippen LogP contribution in [0.25, 0.3) is 0 Å². The van der Waals surface area contributed by atoms with Gasteiger partial charge in [0.2, 0.25) is 11.2 Å². The van der Waals surface area contributed by atoms with Gasteiger partial charge in [0, 0.05) is 16.2 Å². The minimum absolute atomic E-state index is 0.0541. The highest BCUT2D eigenvalue weighted by Crippen LogP contribution is 2.14. The van der Waals surface area contributed by atoms with Crippen LogP contribution in [-0.2, 0) is 4.79 Å². The molecule has 5 nitrogen and oxygen atoms in total. The van der Waals surface area contributed by atoms with Crippen molar-refractivity contribution in [2.45, 2.75) is 6.92 Å². The Morgan fingerprint density at radius 3 is 2.65 bits per heavy atom. The first-order valence-electron chi connectivity index (χ1n) is 5.83. The SMILES string of the molecule is Cc1occc(=O)c1OCC(=O)Nc1ccc(Br)cc1. The summed E-state index contributed by atoms with van der Waals surface area (Å²) in [6.45, 7) is 1.34. The highest BCUT2D eigenvalue weighted by atomic mass is 79.9. The third kappa shape index (κ3) is 3.71. The Morgan fingerprint density at radius 2 is 2.00 bits per heavy atom. The molecule has 2 aromatic rings. The van der Waals surface area contributed by atoms with E-state index in [1.165, 1.54) is 12.3 Å². The van der Waals surface area contributed by atoms with Gasteiger partial charge < -0.3 is 14.5 Å². The molecule has 0 spiro atoms. The van der Waals surface area contributed by atoms with E-state index in [-0.39, 0.29) is 23.7 Å². The largest absolute Gasteiger partial charge is 0.476 e. The molecular formula is C14H12BrNO4. The van der Waals surface area contributed by atoms with Crippen molar-refractivity contribution in [2.75, 3.05) is 11.9 Å². The maximum atomic E-state index is 11.7. The van der Waals surface area contributed by atoms with E-state index in [1.54, 1.807) is 19.1 Å². The predicted molar refractivity (Wildman–Crippen MR) is 78.0 cm³/mol. The number of halogens is 1. The van der Waals surface area contributed by atoms with E-state index in [0.29, 0.717) is 11.4 Å². The van der Waals surface area contributed by atoms with E-state index >= 15 is 0 Å². The molecule has 2 rings (SSSR count). The van der Waals surface area contributed by atoms with Crippen LogP contribution in [-0.4, -0.2) is 12.5 Å². The van der Waals surface area contributed by atoms with Gasteiger partial charge in [-0.25, -0.2) is 0 Å². The van der Waals surface area contributed by atoms with Gasteiger partial charge in [0.25, 0.3) is 5.91 Å². The molecule has 1 heterocycles. The summed E-state index contributed by atoms with van der Waals surface area (Å²) in [6, 6.07) is 8.38. The predicted octanol–water partition coefficient (Wildman–Crippen LogP) is 2.73. The fourth-order valence-electron chi connectivity index (χ4n) is 1.54. The Morgan fingerprint density at radius 1 is 1.30 bits per heavy atom. The van der Waals surface area contributed by atoms with Gasteiger partial charge in [-0.2, -0.15) is 0 Å². The zero-order chi connectivity index (χ0) is 14.5. The van der Waals surface area contributed by atoms with Gasteiger partial charge in [-0.3, -0.25) is 9.59 Å². The molecule has 1 N–H and O–H groups in total.